The monoisotopic (exact) mass is 362 g/mol. The van der Waals surface area contributed by atoms with E-state index in [0.29, 0.717) is 24.4 Å². The summed E-state index contributed by atoms with van der Waals surface area (Å²) in [5, 5.41) is 2.96. The van der Waals surface area contributed by atoms with Crippen LogP contribution in [-0.4, -0.2) is 10.5 Å². The Morgan fingerprint density at radius 1 is 1.07 bits per heavy atom. The van der Waals surface area contributed by atoms with E-state index in [-0.39, 0.29) is 11.7 Å². The molecule has 1 amide bonds. The summed E-state index contributed by atoms with van der Waals surface area (Å²) < 4.78 is 20.8. The van der Waals surface area contributed by atoms with Crippen LogP contribution >= 0.6 is 0 Å². The summed E-state index contributed by atoms with van der Waals surface area (Å²) in [4.78, 5) is 12.8. The zero-order chi connectivity index (χ0) is 18.8. The van der Waals surface area contributed by atoms with Crippen LogP contribution in [0.15, 0.2) is 71.3 Å². The highest BCUT2D eigenvalue weighted by Crippen LogP contribution is 2.23. The number of nitrogens with one attached hydrogen (secondary N) is 1. The average Bonchev–Trinajstić information content (AvgIpc) is 3.23. The largest absolute Gasteiger partial charge is 0.463 e. The minimum absolute atomic E-state index is 0.195. The molecule has 27 heavy (non-hydrogen) atoms. The number of carbonyl (C=O) groups excluding carboxylic acids is 1. The number of amides is 1. The summed E-state index contributed by atoms with van der Waals surface area (Å²) in [6.45, 7) is 2.84. The van der Waals surface area contributed by atoms with Gasteiger partial charge in [-0.1, -0.05) is 42.0 Å². The van der Waals surface area contributed by atoms with Crippen molar-refractivity contribution in [2.75, 3.05) is 0 Å². The third-order valence-electron chi connectivity index (χ3n) is 4.52. The minimum Gasteiger partial charge on any atom is -0.463 e. The van der Waals surface area contributed by atoms with Crippen molar-refractivity contribution < 1.29 is 13.6 Å². The highest BCUT2D eigenvalue weighted by molar-refractivity contribution is 5.97. The molecular formula is C22H19FN2O2. The van der Waals surface area contributed by atoms with E-state index in [4.69, 9.17) is 4.42 Å². The van der Waals surface area contributed by atoms with Crippen molar-refractivity contribution in [1.29, 1.82) is 0 Å². The molecule has 4 aromatic rings. The van der Waals surface area contributed by atoms with Crippen LogP contribution in [0.5, 0.6) is 0 Å². The number of halogens is 1. The smallest absolute Gasteiger partial charge is 0.268 e. The summed E-state index contributed by atoms with van der Waals surface area (Å²) in [6, 6.07) is 17.9. The molecule has 0 bridgehead atoms. The number of hydrogen-bond donors (Lipinski definition) is 1. The van der Waals surface area contributed by atoms with E-state index in [9.17, 15) is 9.18 Å². The van der Waals surface area contributed by atoms with E-state index in [2.05, 4.69) is 5.32 Å². The Bertz CT molecular complexity index is 1110. The van der Waals surface area contributed by atoms with E-state index in [1.807, 2.05) is 47.9 Å². The number of nitrogens with zero attached hydrogens (tertiary/aromatic N) is 1. The van der Waals surface area contributed by atoms with E-state index in [0.717, 1.165) is 22.2 Å². The van der Waals surface area contributed by atoms with Gasteiger partial charge in [-0.2, -0.15) is 0 Å². The number of carbonyl (C=O) groups is 1. The molecule has 0 aliphatic rings. The first-order chi connectivity index (χ1) is 13.1. The zero-order valence-electron chi connectivity index (χ0n) is 14.9. The molecule has 0 saturated carbocycles. The normalized spacial score (nSPS) is 11.0. The molecule has 2 heterocycles. The highest BCUT2D eigenvalue weighted by atomic mass is 19.1. The van der Waals surface area contributed by atoms with Gasteiger partial charge in [0, 0.05) is 25.2 Å². The standard InChI is InChI=1S/C22H19FN2O2/c1-15-4-2-5-16(10-15)13-24-22(26)20-12-21-19(8-9-27-21)25(20)14-17-6-3-7-18(23)11-17/h2-12H,13-14H2,1H3,(H,24,26). The number of fused-ring (bicyclic) bond motifs is 1. The van der Waals surface area contributed by atoms with Crippen LogP contribution in [0.1, 0.15) is 27.2 Å². The van der Waals surface area contributed by atoms with Crippen molar-refractivity contribution in [3.63, 3.8) is 0 Å². The molecule has 0 unspecified atom stereocenters. The van der Waals surface area contributed by atoms with Gasteiger partial charge in [-0.25, -0.2) is 4.39 Å². The lowest BCUT2D eigenvalue weighted by atomic mass is 10.1. The predicted molar refractivity (Wildman–Crippen MR) is 102 cm³/mol. The molecule has 1 N–H and O–H groups in total. The second-order valence-electron chi connectivity index (χ2n) is 6.59. The van der Waals surface area contributed by atoms with E-state index >= 15 is 0 Å². The molecule has 0 fully saturated rings. The van der Waals surface area contributed by atoms with Gasteiger partial charge in [0.05, 0.1) is 11.8 Å². The summed E-state index contributed by atoms with van der Waals surface area (Å²) in [7, 11) is 0. The van der Waals surface area contributed by atoms with E-state index in [1.54, 1.807) is 18.4 Å². The maximum absolute atomic E-state index is 13.5. The quantitative estimate of drug-likeness (QED) is 0.561. The Hall–Kier alpha value is -3.34. The van der Waals surface area contributed by atoms with Gasteiger partial charge in [0.1, 0.15) is 11.5 Å². The van der Waals surface area contributed by atoms with Crippen molar-refractivity contribution in [2.45, 2.75) is 20.0 Å². The molecule has 0 aliphatic heterocycles. The molecule has 4 nitrogen and oxygen atoms in total. The van der Waals surface area contributed by atoms with Gasteiger partial charge in [0.2, 0.25) is 0 Å². The SMILES string of the molecule is Cc1cccc(CNC(=O)c2cc3occc3n2Cc2cccc(F)c2)c1. The molecule has 0 aliphatic carbocycles. The van der Waals surface area contributed by atoms with Gasteiger partial charge in [0.25, 0.3) is 5.91 Å². The third-order valence-corrected chi connectivity index (χ3v) is 4.52. The Balaban J connectivity index is 1.61. The maximum Gasteiger partial charge on any atom is 0.268 e. The van der Waals surface area contributed by atoms with Crippen molar-refractivity contribution in [2.24, 2.45) is 0 Å². The van der Waals surface area contributed by atoms with Crippen LogP contribution < -0.4 is 5.32 Å². The Kier molecular flexibility index (Phi) is 4.50. The second-order valence-corrected chi connectivity index (χ2v) is 6.59. The number of furan rings is 1. The number of aromatic nitrogens is 1. The van der Waals surface area contributed by atoms with Crippen LogP contribution in [0.25, 0.3) is 11.1 Å². The molecule has 0 spiro atoms. The Morgan fingerprint density at radius 3 is 2.70 bits per heavy atom. The molecule has 5 heteroatoms. The minimum atomic E-state index is -0.298. The molecule has 0 atom stereocenters. The second kappa shape index (κ2) is 7.11. The lowest BCUT2D eigenvalue weighted by Crippen LogP contribution is -2.25. The van der Waals surface area contributed by atoms with Gasteiger partial charge >= 0.3 is 0 Å². The van der Waals surface area contributed by atoms with Gasteiger partial charge in [0.15, 0.2) is 5.58 Å². The van der Waals surface area contributed by atoms with Gasteiger partial charge < -0.3 is 14.3 Å². The number of aryl methyl sites for hydroxylation is 1. The van der Waals surface area contributed by atoms with Crippen LogP contribution in [0, 0.1) is 12.7 Å². The first-order valence-electron chi connectivity index (χ1n) is 8.75. The average molecular weight is 362 g/mol. The van der Waals surface area contributed by atoms with Crippen molar-refractivity contribution in [3.05, 3.63) is 95.1 Å². The van der Waals surface area contributed by atoms with Crippen molar-refractivity contribution in [1.82, 2.24) is 9.88 Å². The molecule has 4 rings (SSSR count). The Labute approximate surface area is 156 Å². The summed E-state index contributed by atoms with van der Waals surface area (Å²) in [5.41, 5.74) is 4.89. The Morgan fingerprint density at radius 2 is 1.89 bits per heavy atom. The molecule has 136 valence electrons. The molecule has 0 radical (unpaired) electrons. The molecule has 2 aromatic heterocycles. The maximum atomic E-state index is 13.5. The van der Waals surface area contributed by atoms with Gasteiger partial charge in [-0.05, 0) is 30.2 Å². The fraction of sp³-hybridized carbons (Fsp3) is 0.136. The number of benzene rings is 2. The molecule has 2 aromatic carbocycles. The van der Waals surface area contributed by atoms with Crippen LogP contribution in [0.2, 0.25) is 0 Å². The van der Waals surface area contributed by atoms with Gasteiger partial charge in [-0.3, -0.25) is 4.79 Å². The van der Waals surface area contributed by atoms with Crippen LogP contribution in [-0.2, 0) is 13.1 Å². The molecule has 0 saturated heterocycles. The number of hydrogen-bond acceptors (Lipinski definition) is 2. The molecular weight excluding hydrogens is 343 g/mol. The predicted octanol–water partition coefficient (Wildman–Crippen LogP) is 4.66. The third kappa shape index (κ3) is 3.62. The number of rotatable bonds is 5. The summed E-state index contributed by atoms with van der Waals surface area (Å²) >= 11 is 0. The van der Waals surface area contributed by atoms with Crippen LogP contribution in [0.4, 0.5) is 4.39 Å². The highest BCUT2D eigenvalue weighted by Gasteiger charge is 2.17. The fourth-order valence-corrected chi connectivity index (χ4v) is 3.25. The van der Waals surface area contributed by atoms with Crippen LogP contribution in [0.3, 0.4) is 0 Å². The lowest BCUT2D eigenvalue weighted by molar-refractivity contribution is 0.0942. The first kappa shape index (κ1) is 17.1. The fourth-order valence-electron chi connectivity index (χ4n) is 3.25. The topological polar surface area (TPSA) is 47.2 Å². The van der Waals surface area contributed by atoms with Crippen molar-refractivity contribution in [3.8, 4) is 0 Å². The summed E-state index contributed by atoms with van der Waals surface area (Å²) in [6.07, 6.45) is 1.58. The van der Waals surface area contributed by atoms with E-state index < -0.39 is 0 Å². The van der Waals surface area contributed by atoms with Gasteiger partial charge in [-0.15, -0.1) is 0 Å². The zero-order valence-corrected chi connectivity index (χ0v) is 14.9. The van der Waals surface area contributed by atoms with Crippen molar-refractivity contribution >= 4 is 17.0 Å². The summed E-state index contributed by atoms with van der Waals surface area (Å²) in [5.74, 6) is -0.493. The van der Waals surface area contributed by atoms with E-state index in [1.165, 1.54) is 12.1 Å². The first-order valence-corrected chi connectivity index (χ1v) is 8.75. The lowest BCUT2D eigenvalue weighted by Gasteiger charge is -2.11.